The van der Waals surface area contributed by atoms with E-state index in [2.05, 4.69) is 148 Å². The van der Waals surface area contributed by atoms with E-state index in [0.29, 0.717) is 23.7 Å². The Kier molecular flexibility index (Phi) is 12.3. The van der Waals surface area contributed by atoms with Crippen LogP contribution in [0, 0.1) is 12.1 Å². The number of imidazole rings is 2. The normalized spacial score (nSPS) is 11.1. The fraction of sp³-hybridized carbons (Fsp3) is 0.286. The summed E-state index contributed by atoms with van der Waals surface area (Å²) in [6, 6.07) is 35.9. The molecule has 2 heterocycles. The molecule has 4 aromatic carbocycles. The van der Waals surface area contributed by atoms with Gasteiger partial charge in [-0.3, -0.25) is 9.97 Å². The third-order valence-corrected chi connectivity index (χ3v) is 8.35. The summed E-state index contributed by atoms with van der Waals surface area (Å²) in [7, 11) is 0. The molecule has 47 heavy (non-hydrogen) atoms. The zero-order valence-electron chi connectivity index (χ0n) is 28.8. The van der Waals surface area contributed by atoms with Crippen LogP contribution < -0.4 is 0 Å². The van der Waals surface area contributed by atoms with Crippen LogP contribution in [0.3, 0.4) is 0 Å². The van der Waals surface area contributed by atoms with Crippen LogP contribution in [-0.2, 0) is 20.1 Å². The molecule has 1 radical (unpaired) electrons. The van der Waals surface area contributed by atoms with Gasteiger partial charge in [0.2, 0.25) is 0 Å². The third kappa shape index (κ3) is 7.92. The average Bonchev–Trinajstić information content (AvgIpc) is 3.75. The van der Waals surface area contributed by atoms with Crippen molar-refractivity contribution in [2.24, 2.45) is 0 Å². The number of aromatic nitrogens is 4. The first-order chi connectivity index (χ1) is 22.2. The third-order valence-electron chi connectivity index (χ3n) is 8.35. The van der Waals surface area contributed by atoms with Crippen molar-refractivity contribution in [2.45, 2.75) is 79.1 Å². The molecule has 2 aromatic heterocycles. The Morgan fingerprint density at radius 3 is 1.09 bits per heavy atom. The summed E-state index contributed by atoms with van der Waals surface area (Å²) in [5, 5.41) is 0. The molecule has 4 nitrogen and oxygen atoms in total. The number of hydrogen-bond donors (Lipinski definition) is 0. The van der Waals surface area contributed by atoms with E-state index in [0.717, 1.165) is 22.8 Å². The van der Waals surface area contributed by atoms with Crippen molar-refractivity contribution in [1.29, 1.82) is 0 Å². The van der Waals surface area contributed by atoms with E-state index in [1.165, 1.54) is 33.6 Å². The Morgan fingerprint density at radius 2 is 0.809 bits per heavy atom. The quantitative estimate of drug-likeness (QED) is 0.144. The van der Waals surface area contributed by atoms with Crippen LogP contribution >= 0.6 is 0 Å². The Balaban J connectivity index is 0.000000208. The molecule has 0 saturated heterocycles. The van der Waals surface area contributed by atoms with Crippen molar-refractivity contribution in [1.82, 2.24) is 19.1 Å². The van der Waals surface area contributed by atoms with E-state index < -0.39 is 0 Å². The van der Waals surface area contributed by atoms with Crippen molar-refractivity contribution in [3.63, 3.8) is 0 Å². The molecular formula is C42H46IrN4-2. The molecule has 0 atom stereocenters. The Hall–Kier alpha value is -4.05. The fourth-order valence-electron chi connectivity index (χ4n) is 6.01. The first-order valence-corrected chi connectivity index (χ1v) is 16.5. The van der Waals surface area contributed by atoms with Gasteiger partial charge >= 0.3 is 0 Å². The molecule has 6 rings (SSSR count). The van der Waals surface area contributed by atoms with Crippen LogP contribution in [0.1, 0.15) is 101 Å². The number of rotatable bonds is 8. The molecule has 0 aliphatic heterocycles. The molecular weight excluding hydrogens is 753 g/mol. The molecule has 0 aliphatic carbocycles. The molecule has 0 spiro atoms. The Labute approximate surface area is 295 Å². The number of hydrogen-bond acceptors (Lipinski definition) is 2. The molecule has 0 unspecified atom stereocenters. The van der Waals surface area contributed by atoms with Crippen LogP contribution in [0.25, 0.3) is 34.2 Å². The van der Waals surface area contributed by atoms with E-state index in [1.807, 2.05) is 48.8 Å². The molecule has 0 bridgehead atoms. The fourth-order valence-corrected chi connectivity index (χ4v) is 6.01. The molecule has 0 amide bonds. The monoisotopic (exact) mass is 799 g/mol. The Morgan fingerprint density at radius 1 is 0.468 bits per heavy atom. The van der Waals surface area contributed by atoms with Gasteiger partial charge in [0.25, 0.3) is 0 Å². The van der Waals surface area contributed by atoms with Crippen LogP contribution in [0.15, 0.2) is 110 Å². The summed E-state index contributed by atoms with van der Waals surface area (Å²) >= 11 is 0. The number of benzene rings is 4. The van der Waals surface area contributed by atoms with Crippen LogP contribution in [0.4, 0.5) is 0 Å². The van der Waals surface area contributed by atoms with Gasteiger partial charge in [-0.25, -0.2) is 0 Å². The van der Waals surface area contributed by atoms with E-state index in [1.54, 1.807) is 0 Å². The molecule has 245 valence electrons. The SMILES string of the molecule is CC(C)c1cccc(C(C)C)c1-n1ccnc1-c1[c-]cccc1.CC(C)c1cccc(C(C)C)c1-n1ccnc1-c1[c-]cccc1.[Ir]. The van der Waals surface area contributed by atoms with Crippen molar-refractivity contribution in [2.75, 3.05) is 0 Å². The van der Waals surface area contributed by atoms with Gasteiger partial charge in [0.05, 0.1) is 11.6 Å². The van der Waals surface area contributed by atoms with E-state index in [-0.39, 0.29) is 20.1 Å². The van der Waals surface area contributed by atoms with Crippen LogP contribution in [0.5, 0.6) is 0 Å². The zero-order chi connectivity index (χ0) is 32.8. The number of para-hydroxylation sites is 2. The molecule has 6 aromatic rings. The molecule has 5 heteroatoms. The largest absolute Gasteiger partial charge is 0.340 e. The van der Waals surface area contributed by atoms with Gasteiger partial charge in [-0.05, 0) is 45.9 Å². The standard InChI is InChI=1S/2C21H23N2.Ir/c2*1-15(2)18-11-8-12-19(16(3)4)20(18)23-14-13-22-21(23)17-9-6-5-7-10-17;/h2*5-9,11-16H,1-4H3;/q2*-1;. The first-order valence-electron chi connectivity index (χ1n) is 16.5. The molecule has 0 N–H and O–H groups in total. The smallest absolute Gasteiger partial charge is 0.0602 e. The minimum atomic E-state index is 0. The van der Waals surface area contributed by atoms with Gasteiger partial charge in [-0.1, -0.05) is 91.8 Å². The zero-order valence-corrected chi connectivity index (χ0v) is 31.2. The second kappa shape index (κ2) is 16.2. The van der Waals surface area contributed by atoms with Gasteiger partial charge in [0.15, 0.2) is 0 Å². The van der Waals surface area contributed by atoms with Gasteiger partial charge in [-0.2, -0.15) is 0 Å². The predicted molar refractivity (Wildman–Crippen MR) is 192 cm³/mol. The van der Waals surface area contributed by atoms with E-state index >= 15 is 0 Å². The minimum Gasteiger partial charge on any atom is -0.340 e. The summed E-state index contributed by atoms with van der Waals surface area (Å²) in [4.78, 5) is 9.19. The molecule has 0 fully saturated rings. The topological polar surface area (TPSA) is 35.6 Å². The second-order valence-electron chi connectivity index (χ2n) is 13.0. The summed E-state index contributed by atoms with van der Waals surface area (Å²) in [5.74, 6) is 3.72. The van der Waals surface area contributed by atoms with Gasteiger partial charge in [-0.15, -0.1) is 71.8 Å². The van der Waals surface area contributed by atoms with Crippen molar-refractivity contribution < 1.29 is 20.1 Å². The predicted octanol–water partition coefficient (Wildman–Crippen LogP) is 11.2. The van der Waals surface area contributed by atoms with Crippen LogP contribution in [-0.4, -0.2) is 19.1 Å². The van der Waals surface area contributed by atoms with E-state index in [4.69, 9.17) is 0 Å². The van der Waals surface area contributed by atoms with Crippen molar-refractivity contribution in [3.8, 4) is 34.2 Å². The van der Waals surface area contributed by atoms with Gasteiger partial charge < -0.3 is 9.13 Å². The van der Waals surface area contributed by atoms with Crippen molar-refractivity contribution >= 4 is 0 Å². The second-order valence-corrected chi connectivity index (χ2v) is 13.0. The van der Waals surface area contributed by atoms with Gasteiger partial charge in [0, 0.05) is 56.3 Å². The Bertz CT molecular complexity index is 1660. The van der Waals surface area contributed by atoms with Crippen LogP contribution in [0.2, 0.25) is 0 Å². The first kappa shape index (κ1) is 35.8. The van der Waals surface area contributed by atoms with Gasteiger partial charge in [0.1, 0.15) is 0 Å². The maximum atomic E-state index is 4.60. The maximum Gasteiger partial charge on any atom is 0.0602 e. The molecule has 0 aliphatic rings. The maximum absolute atomic E-state index is 4.60. The number of nitrogens with zero attached hydrogens (tertiary/aromatic N) is 4. The summed E-state index contributed by atoms with van der Waals surface area (Å²) in [5.41, 5.74) is 9.98. The van der Waals surface area contributed by atoms with E-state index in [9.17, 15) is 0 Å². The average molecular weight is 799 g/mol. The van der Waals surface area contributed by atoms with Crippen molar-refractivity contribution in [3.05, 3.63) is 144 Å². The summed E-state index contributed by atoms with van der Waals surface area (Å²) in [6.07, 6.45) is 7.86. The molecule has 0 saturated carbocycles. The summed E-state index contributed by atoms with van der Waals surface area (Å²) in [6.45, 7) is 18.0. The minimum absolute atomic E-state index is 0. The summed E-state index contributed by atoms with van der Waals surface area (Å²) < 4.78 is 4.44.